The molecule has 0 unspecified atom stereocenters. The lowest BCUT2D eigenvalue weighted by Gasteiger charge is -2.36. The van der Waals surface area contributed by atoms with E-state index in [1.165, 1.54) is 15.3 Å². The summed E-state index contributed by atoms with van der Waals surface area (Å²) < 4.78 is 8.73. The van der Waals surface area contributed by atoms with Crippen molar-refractivity contribution in [3.63, 3.8) is 0 Å². The van der Waals surface area contributed by atoms with Crippen LogP contribution in [0.2, 0.25) is 13.1 Å². The highest BCUT2D eigenvalue weighted by atomic mass is 28.3. The number of aryl methyl sites for hydroxylation is 1. The summed E-state index contributed by atoms with van der Waals surface area (Å²) in [5, 5.41) is 18.7. The van der Waals surface area contributed by atoms with Gasteiger partial charge in [0, 0.05) is 23.7 Å². The summed E-state index contributed by atoms with van der Waals surface area (Å²) in [6, 6.07) is 0. The van der Waals surface area contributed by atoms with Gasteiger partial charge in [-0.2, -0.15) is 0 Å². The van der Waals surface area contributed by atoms with E-state index in [9.17, 15) is 19.8 Å². The lowest BCUT2D eigenvalue weighted by atomic mass is 10.1. The van der Waals surface area contributed by atoms with Crippen molar-refractivity contribution in [1.29, 1.82) is 0 Å². The van der Waals surface area contributed by atoms with Crippen molar-refractivity contribution in [2.24, 2.45) is 0 Å². The van der Waals surface area contributed by atoms with Gasteiger partial charge < -0.3 is 14.9 Å². The molecule has 24 heavy (non-hydrogen) atoms. The van der Waals surface area contributed by atoms with Gasteiger partial charge in [0.05, 0.1) is 21.5 Å². The van der Waals surface area contributed by atoms with Crippen molar-refractivity contribution in [2.45, 2.75) is 70.3 Å². The van der Waals surface area contributed by atoms with E-state index in [1.54, 1.807) is 27.7 Å². The molecule has 1 saturated heterocycles. The third-order valence-electron chi connectivity index (χ3n) is 4.71. The molecular formula is C16H28N2O5Si. The zero-order valence-corrected chi connectivity index (χ0v) is 16.4. The summed E-state index contributed by atoms with van der Waals surface area (Å²) in [4.78, 5) is 25.6. The highest BCUT2D eigenvalue weighted by Crippen LogP contribution is 2.36. The Balaban J connectivity index is 2.78. The van der Waals surface area contributed by atoms with E-state index in [4.69, 9.17) is 4.74 Å². The average Bonchev–Trinajstić information content (AvgIpc) is 2.79. The van der Waals surface area contributed by atoms with E-state index in [0.29, 0.717) is 5.56 Å². The van der Waals surface area contributed by atoms with Gasteiger partial charge >= 0.3 is 5.69 Å². The summed E-state index contributed by atoms with van der Waals surface area (Å²) in [5.74, 6) is 0. The number of nitrogens with zero attached hydrogens (tertiary/aromatic N) is 2. The van der Waals surface area contributed by atoms with Crippen LogP contribution in [0, 0.1) is 6.92 Å². The number of rotatable bonds is 3. The number of ether oxygens (including phenoxy) is 1. The Morgan fingerprint density at radius 1 is 1.38 bits per heavy atom. The van der Waals surface area contributed by atoms with E-state index in [0.717, 1.165) is 0 Å². The Labute approximate surface area is 143 Å². The predicted octanol–water partition coefficient (Wildman–Crippen LogP) is -0.106. The molecule has 0 saturated carbocycles. The molecule has 1 aliphatic rings. The van der Waals surface area contributed by atoms with Crippen molar-refractivity contribution in [3.8, 4) is 0 Å². The van der Waals surface area contributed by atoms with E-state index < -0.39 is 37.6 Å². The van der Waals surface area contributed by atoms with Gasteiger partial charge in [-0.15, -0.1) is 0 Å². The van der Waals surface area contributed by atoms with Crippen molar-refractivity contribution in [1.82, 2.24) is 9.13 Å². The van der Waals surface area contributed by atoms with Crippen molar-refractivity contribution in [3.05, 3.63) is 32.6 Å². The summed E-state index contributed by atoms with van der Waals surface area (Å²) in [7, 11) is -1.66. The Morgan fingerprint density at radius 2 is 1.96 bits per heavy atom. The first-order valence-electron chi connectivity index (χ1n) is 8.28. The van der Waals surface area contributed by atoms with Gasteiger partial charge in [0.25, 0.3) is 5.56 Å². The molecule has 0 bridgehead atoms. The summed E-state index contributed by atoms with van der Waals surface area (Å²) in [6.07, 6.45) is 0.213. The third kappa shape index (κ3) is 2.92. The quantitative estimate of drug-likeness (QED) is 0.738. The zero-order chi connectivity index (χ0) is 18.4. The highest BCUT2D eigenvalue weighted by molar-refractivity contribution is 6.58. The van der Waals surface area contributed by atoms with Gasteiger partial charge in [0.15, 0.2) is 0 Å². The van der Waals surface area contributed by atoms with Crippen LogP contribution in [0.3, 0.4) is 0 Å². The van der Waals surface area contributed by atoms with Crippen LogP contribution < -0.4 is 11.2 Å². The summed E-state index contributed by atoms with van der Waals surface area (Å²) >= 11 is 0. The largest absolute Gasteiger partial charge is 0.394 e. The monoisotopic (exact) mass is 356 g/mol. The molecular weight excluding hydrogens is 328 g/mol. The molecule has 3 atom stereocenters. The van der Waals surface area contributed by atoms with Crippen molar-refractivity contribution >= 4 is 8.80 Å². The van der Waals surface area contributed by atoms with Crippen LogP contribution >= 0.6 is 0 Å². The first-order chi connectivity index (χ1) is 11.0. The fourth-order valence-electron chi connectivity index (χ4n) is 3.32. The summed E-state index contributed by atoms with van der Waals surface area (Å²) in [5.41, 5.74) is -0.981. The molecule has 136 valence electrons. The number of aromatic nitrogens is 2. The predicted molar refractivity (Wildman–Crippen MR) is 94.1 cm³/mol. The van der Waals surface area contributed by atoms with Gasteiger partial charge in [-0.05, 0) is 27.7 Å². The van der Waals surface area contributed by atoms with Gasteiger partial charge in [-0.25, -0.2) is 4.79 Å². The molecule has 0 amide bonds. The normalized spacial score (nSPS) is 27.9. The smallest absolute Gasteiger partial charge is 0.333 e. The van der Waals surface area contributed by atoms with E-state index in [-0.39, 0.29) is 18.6 Å². The summed E-state index contributed by atoms with van der Waals surface area (Å²) in [6.45, 7) is 10.8. The highest BCUT2D eigenvalue weighted by Gasteiger charge is 2.50. The topological polar surface area (TPSA) is 93.7 Å². The molecule has 0 spiro atoms. The molecule has 1 aromatic rings. The van der Waals surface area contributed by atoms with E-state index in [1.807, 2.05) is 13.1 Å². The van der Waals surface area contributed by atoms with Crippen LogP contribution in [0.5, 0.6) is 0 Å². The molecule has 0 aromatic carbocycles. The van der Waals surface area contributed by atoms with Crippen LogP contribution in [-0.4, -0.2) is 47.0 Å². The maximum absolute atomic E-state index is 13.1. The SMILES string of the molecule is Cc1cn([C@@]2([SiH](C)C)C[C@H](O)[C@@H](CO)O2)c(=O)n(C(C)(C)C)c1=O. The number of aliphatic hydroxyl groups excluding tert-OH is 2. The second kappa shape index (κ2) is 6.25. The Kier molecular flexibility index (Phi) is 4.98. The number of aliphatic hydroxyl groups is 2. The first-order valence-corrected chi connectivity index (χ1v) is 11.2. The molecule has 1 aliphatic heterocycles. The van der Waals surface area contributed by atoms with Crippen LogP contribution in [0.25, 0.3) is 0 Å². The Hall–Kier alpha value is -1.22. The second-order valence-corrected chi connectivity index (χ2v) is 11.1. The van der Waals surface area contributed by atoms with Gasteiger partial charge in [0.1, 0.15) is 11.5 Å². The van der Waals surface area contributed by atoms with E-state index in [2.05, 4.69) is 0 Å². The molecule has 1 fully saturated rings. The number of hydrogen-bond acceptors (Lipinski definition) is 5. The Bertz CT molecular complexity index is 733. The maximum Gasteiger partial charge on any atom is 0.333 e. The minimum Gasteiger partial charge on any atom is -0.394 e. The average molecular weight is 356 g/mol. The molecule has 2 N–H and O–H groups in total. The minimum absolute atomic E-state index is 0.240. The molecule has 0 radical (unpaired) electrons. The van der Waals surface area contributed by atoms with Gasteiger partial charge in [0.2, 0.25) is 0 Å². The third-order valence-corrected chi connectivity index (χ3v) is 7.16. The standard InChI is InChI=1S/C16H28N2O5Si/c1-10-8-17(14(22)18(13(10)21)15(2,3)4)16(24(5)6)7-11(20)12(9-19)23-16/h8,11-12,19-20,24H,7,9H2,1-6H3/t11-,12+,16-/m0/s1. The number of hydrogen-bond donors (Lipinski definition) is 2. The van der Waals surface area contributed by atoms with Gasteiger partial charge in [-0.1, -0.05) is 13.1 Å². The van der Waals surface area contributed by atoms with Crippen LogP contribution in [0.1, 0.15) is 32.8 Å². The van der Waals surface area contributed by atoms with Crippen molar-refractivity contribution < 1.29 is 14.9 Å². The first kappa shape index (κ1) is 19.1. The van der Waals surface area contributed by atoms with Crippen LogP contribution in [-0.2, 0) is 15.6 Å². The lowest BCUT2D eigenvalue weighted by molar-refractivity contribution is -0.0743. The van der Waals surface area contributed by atoms with Crippen LogP contribution in [0.4, 0.5) is 0 Å². The zero-order valence-electron chi connectivity index (χ0n) is 15.2. The molecule has 7 nitrogen and oxygen atoms in total. The maximum atomic E-state index is 13.1. The van der Waals surface area contributed by atoms with Crippen molar-refractivity contribution in [2.75, 3.05) is 6.61 Å². The molecule has 8 heteroatoms. The van der Waals surface area contributed by atoms with Gasteiger partial charge in [-0.3, -0.25) is 13.9 Å². The minimum atomic E-state index is -1.66. The van der Waals surface area contributed by atoms with Crippen LogP contribution in [0.15, 0.2) is 15.8 Å². The molecule has 0 aliphatic carbocycles. The fourth-order valence-corrected chi connectivity index (χ4v) is 5.22. The molecule has 2 rings (SSSR count). The second-order valence-electron chi connectivity index (χ2n) is 7.89. The molecule has 1 aromatic heterocycles. The molecule has 2 heterocycles. The Morgan fingerprint density at radius 3 is 2.38 bits per heavy atom. The lowest BCUT2D eigenvalue weighted by Crippen LogP contribution is -2.57. The fraction of sp³-hybridized carbons (Fsp3) is 0.750. The van der Waals surface area contributed by atoms with E-state index >= 15 is 0 Å².